The van der Waals surface area contributed by atoms with E-state index in [1.54, 1.807) is 0 Å². The molecule has 1 fully saturated rings. The van der Waals surface area contributed by atoms with E-state index in [1.807, 2.05) is 0 Å². The van der Waals surface area contributed by atoms with Gasteiger partial charge in [-0.05, 0) is 43.9 Å². The monoisotopic (exact) mass is 271 g/mol. The van der Waals surface area contributed by atoms with Crippen molar-refractivity contribution in [2.45, 2.75) is 32.7 Å². The van der Waals surface area contributed by atoms with Crippen molar-refractivity contribution in [1.82, 2.24) is 15.2 Å². The summed E-state index contributed by atoms with van der Waals surface area (Å²) < 4.78 is 0. The van der Waals surface area contributed by atoms with Gasteiger partial charge < -0.3 is 10.6 Å². The summed E-state index contributed by atoms with van der Waals surface area (Å²) >= 11 is 0. The van der Waals surface area contributed by atoms with E-state index >= 15 is 0 Å². The Kier molecular flexibility index (Phi) is 3.44. The number of aryl methyl sites for hydroxylation is 2. The van der Waals surface area contributed by atoms with Crippen molar-refractivity contribution >= 4 is 5.95 Å². The highest BCUT2D eigenvalue weighted by atomic mass is 15.4. The van der Waals surface area contributed by atoms with E-state index in [4.69, 9.17) is 5.73 Å². The molecule has 3 rings (SSSR count). The zero-order valence-corrected chi connectivity index (χ0v) is 12.1. The molecule has 0 saturated carbocycles. The molecule has 0 spiro atoms. The molecule has 106 valence electrons. The number of anilines is 1. The minimum Gasteiger partial charge on any atom is -0.338 e. The molecule has 2 heterocycles. The summed E-state index contributed by atoms with van der Waals surface area (Å²) in [5.41, 5.74) is 9.64. The lowest BCUT2D eigenvalue weighted by Gasteiger charge is -2.29. The first kappa shape index (κ1) is 13.1. The van der Waals surface area contributed by atoms with Crippen LogP contribution >= 0.6 is 0 Å². The summed E-state index contributed by atoms with van der Waals surface area (Å²) in [6.45, 7) is 6.04. The van der Waals surface area contributed by atoms with E-state index in [0.717, 1.165) is 43.3 Å². The second-order valence-corrected chi connectivity index (χ2v) is 5.63. The highest BCUT2D eigenvalue weighted by molar-refractivity contribution is 5.58. The van der Waals surface area contributed by atoms with Crippen molar-refractivity contribution in [2.75, 3.05) is 18.0 Å². The van der Waals surface area contributed by atoms with Gasteiger partial charge in [0.05, 0.1) is 0 Å². The molecule has 1 aliphatic rings. The fraction of sp³-hybridized carbons (Fsp3) is 0.467. The van der Waals surface area contributed by atoms with Crippen LogP contribution in [-0.2, 0) is 0 Å². The molecule has 5 nitrogen and oxygen atoms in total. The van der Waals surface area contributed by atoms with Crippen molar-refractivity contribution in [1.29, 1.82) is 0 Å². The average molecular weight is 271 g/mol. The second-order valence-electron chi connectivity index (χ2n) is 5.63. The Balaban J connectivity index is 1.84. The van der Waals surface area contributed by atoms with E-state index in [-0.39, 0.29) is 6.04 Å². The average Bonchev–Trinajstić information content (AvgIpc) is 2.92. The van der Waals surface area contributed by atoms with E-state index in [1.165, 1.54) is 11.1 Å². The van der Waals surface area contributed by atoms with Gasteiger partial charge in [0, 0.05) is 24.7 Å². The first-order valence-corrected chi connectivity index (χ1v) is 7.14. The summed E-state index contributed by atoms with van der Waals surface area (Å²) in [6, 6.07) is 6.56. The van der Waals surface area contributed by atoms with Crippen LogP contribution in [0.3, 0.4) is 0 Å². The van der Waals surface area contributed by atoms with Crippen LogP contribution in [-0.4, -0.2) is 34.3 Å². The third-order valence-corrected chi connectivity index (χ3v) is 3.99. The van der Waals surface area contributed by atoms with Crippen LogP contribution in [0.4, 0.5) is 5.95 Å². The minimum atomic E-state index is 0.229. The van der Waals surface area contributed by atoms with Gasteiger partial charge >= 0.3 is 0 Å². The quantitative estimate of drug-likeness (QED) is 0.876. The van der Waals surface area contributed by atoms with Crippen LogP contribution in [0.1, 0.15) is 24.0 Å². The number of rotatable bonds is 2. The molecule has 1 aliphatic heterocycles. The maximum absolute atomic E-state index is 6.01. The van der Waals surface area contributed by atoms with Crippen molar-refractivity contribution in [3.63, 3.8) is 0 Å². The van der Waals surface area contributed by atoms with Crippen LogP contribution in [0, 0.1) is 13.8 Å². The highest BCUT2D eigenvalue weighted by Crippen LogP contribution is 2.22. The predicted molar refractivity (Wildman–Crippen MR) is 80.7 cm³/mol. The van der Waals surface area contributed by atoms with Gasteiger partial charge in [0.15, 0.2) is 5.82 Å². The van der Waals surface area contributed by atoms with Gasteiger partial charge in [-0.15, -0.1) is 5.10 Å². The van der Waals surface area contributed by atoms with Gasteiger partial charge in [-0.2, -0.15) is 4.98 Å². The summed E-state index contributed by atoms with van der Waals surface area (Å²) in [5.74, 6) is 1.58. The molecular weight excluding hydrogens is 250 g/mol. The number of hydrogen-bond donors (Lipinski definition) is 2. The summed E-state index contributed by atoms with van der Waals surface area (Å²) in [6.07, 6.45) is 2.19. The minimum absolute atomic E-state index is 0.229. The molecule has 5 heteroatoms. The third-order valence-electron chi connectivity index (χ3n) is 3.99. The zero-order chi connectivity index (χ0) is 14.1. The smallest absolute Gasteiger partial charge is 0.245 e. The van der Waals surface area contributed by atoms with Gasteiger partial charge in [0.1, 0.15) is 0 Å². The largest absolute Gasteiger partial charge is 0.338 e. The molecule has 0 aliphatic carbocycles. The van der Waals surface area contributed by atoms with Gasteiger partial charge in [-0.3, -0.25) is 5.10 Å². The molecule has 1 aromatic carbocycles. The van der Waals surface area contributed by atoms with Gasteiger partial charge in [0.2, 0.25) is 5.95 Å². The van der Waals surface area contributed by atoms with Crippen molar-refractivity contribution < 1.29 is 0 Å². The Bertz CT molecular complexity index is 604. The molecule has 0 bridgehead atoms. The topological polar surface area (TPSA) is 70.8 Å². The maximum atomic E-state index is 6.01. The van der Waals surface area contributed by atoms with Crippen LogP contribution in [0.5, 0.6) is 0 Å². The lowest BCUT2D eigenvalue weighted by atomic mass is 10.1. The number of benzene rings is 1. The molecule has 0 radical (unpaired) electrons. The number of aromatic nitrogens is 3. The Labute approximate surface area is 119 Å². The zero-order valence-electron chi connectivity index (χ0n) is 12.1. The third kappa shape index (κ3) is 2.54. The van der Waals surface area contributed by atoms with E-state index in [0.29, 0.717) is 0 Å². The number of nitrogens with two attached hydrogens (primary N) is 1. The predicted octanol–water partition coefficient (Wildman–Crippen LogP) is 2.02. The molecule has 2 aromatic rings. The Morgan fingerprint density at radius 1 is 1.30 bits per heavy atom. The van der Waals surface area contributed by atoms with E-state index < -0.39 is 0 Å². The van der Waals surface area contributed by atoms with E-state index in [9.17, 15) is 0 Å². The van der Waals surface area contributed by atoms with Crippen molar-refractivity contribution in [3.05, 3.63) is 29.3 Å². The lowest BCUT2D eigenvalue weighted by molar-refractivity contribution is 0.500. The standard InChI is InChI=1S/C15H21N5/c1-10-5-6-12(8-11(10)2)14-17-15(19-18-14)20-7-3-4-13(16)9-20/h5-6,8,13H,3-4,7,9,16H2,1-2H3,(H,17,18,19). The normalized spacial score (nSPS) is 19.4. The fourth-order valence-corrected chi connectivity index (χ4v) is 2.60. The number of piperidine rings is 1. The molecule has 1 atom stereocenters. The van der Waals surface area contributed by atoms with Gasteiger partial charge in [0.25, 0.3) is 0 Å². The number of nitrogens with one attached hydrogen (secondary N) is 1. The van der Waals surface area contributed by atoms with Gasteiger partial charge in [-0.25, -0.2) is 0 Å². The number of nitrogens with zero attached hydrogens (tertiary/aromatic N) is 3. The Hall–Kier alpha value is -1.88. The van der Waals surface area contributed by atoms with Crippen molar-refractivity contribution in [3.8, 4) is 11.4 Å². The first-order valence-electron chi connectivity index (χ1n) is 7.14. The lowest BCUT2D eigenvalue weighted by Crippen LogP contribution is -2.43. The Morgan fingerprint density at radius 3 is 2.90 bits per heavy atom. The van der Waals surface area contributed by atoms with Crippen LogP contribution < -0.4 is 10.6 Å². The molecule has 1 unspecified atom stereocenters. The molecule has 0 amide bonds. The maximum Gasteiger partial charge on any atom is 0.245 e. The van der Waals surface area contributed by atoms with Crippen LogP contribution in [0.2, 0.25) is 0 Å². The summed E-state index contributed by atoms with van der Waals surface area (Å²) in [5, 5.41) is 7.37. The van der Waals surface area contributed by atoms with Gasteiger partial charge in [-0.1, -0.05) is 12.1 Å². The molecule has 20 heavy (non-hydrogen) atoms. The summed E-state index contributed by atoms with van der Waals surface area (Å²) in [7, 11) is 0. The highest BCUT2D eigenvalue weighted by Gasteiger charge is 2.20. The summed E-state index contributed by atoms with van der Waals surface area (Å²) in [4.78, 5) is 6.78. The number of H-pyrrole nitrogens is 1. The first-order chi connectivity index (χ1) is 9.63. The SMILES string of the molecule is Cc1ccc(-c2nc(N3CCCC(N)C3)n[nH]2)cc1C. The van der Waals surface area contributed by atoms with Crippen LogP contribution in [0.25, 0.3) is 11.4 Å². The second kappa shape index (κ2) is 5.25. The van der Waals surface area contributed by atoms with E-state index in [2.05, 4.69) is 52.1 Å². The molecule has 3 N–H and O–H groups in total. The fourth-order valence-electron chi connectivity index (χ4n) is 2.60. The molecule has 1 aromatic heterocycles. The van der Waals surface area contributed by atoms with Crippen molar-refractivity contribution in [2.24, 2.45) is 5.73 Å². The Morgan fingerprint density at radius 2 is 2.15 bits per heavy atom. The molecular formula is C15H21N5. The number of hydrogen-bond acceptors (Lipinski definition) is 4. The molecule has 1 saturated heterocycles. The number of aromatic amines is 1. The van der Waals surface area contributed by atoms with Crippen LogP contribution in [0.15, 0.2) is 18.2 Å².